The second kappa shape index (κ2) is 3.67. The van der Waals surface area contributed by atoms with Crippen LogP contribution in [0.5, 0.6) is 0 Å². The van der Waals surface area contributed by atoms with Gasteiger partial charge in [-0.1, -0.05) is 13.0 Å². The Hall–Kier alpha value is -0.930. The van der Waals surface area contributed by atoms with Crippen molar-refractivity contribution < 1.29 is 5.11 Å². The van der Waals surface area contributed by atoms with Crippen molar-refractivity contribution in [2.24, 2.45) is 0 Å². The van der Waals surface area contributed by atoms with Gasteiger partial charge in [-0.3, -0.25) is 0 Å². The first-order valence-corrected chi connectivity index (χ1v) is 5.57. The minimum atomic E-state index is -0.346. The zero-order chi connectivity index (χ0) is 10.1. The van der Waals surface area contributed by atoms with E-state index in [9.17, 15) is 5.11 Å². The van der Waals surface area contributed by atoms with Crippen molar-refractivity contribution in [3.63, 3.8) is 0 Å². The lowest BCUT2D eigenvalue weighted by atomic mass is 10.1. The molecule has 3 heteroatoms. The molecule has 2 nitrogen and oxygen atoms in total. The van der Waals surface area contributed by atoms with Crippen LogP contribution >= 0.6 is 11.3 Å². The first-order valence-electron chi connectivity index (χ1n) is 4.76. The zero-order valence-electron chi connectivity index (χ0n) is 8.32. The highest BCUT2D eigenvalue weighted by Crippen LogP contribution is 2.26. The monoisotopic (exact) mass is 207 g/mol. The van der Waals surface area contributed by atoms with Crippen molar-refractivity contribution in [3.05, 3.63) is 28.8 Å². The molecule has 0 spiro atoms. The number of thiazole rings is 1. The molecule has 1 aromatic heterocycles. The second-order valence-electron chi connectivity index (χ2n) is 3.38. The summed E-state index contributed by atoms with van der Waals surface area (Å²) in [5, 5.41) is 10.8. The Morgan fingerprint density at radius 2 is 2.29 bits per heavy atom. The first kappa shape index (κ1) is 9.62. The third-order valence-electron chi connectivity index (χ3n) is 2.29. The summed E-state index contributed by atoms with van der Waals surface area (Å²) in [6, 6.07) is 5.97. The van der Waals surface area contributed by atoms with E-state index in [0.29, 0.717) is 0 Å². The van der Waals surface area contributed by atoms with Gasteiger partial charge in [0.1, 0.15) is 0 Å². The van der Waals surface area contributed by atoms with Crippen LogP contribution in [0.1, 0.15) is 30.0 Å². The van der Waals surface area contributed by atoms with Gasteiger partial charge >= 0.3 is 0 Å². The Bertz CT molecular complexity index is 449. The van der Waals surface area contributed by atoms with Gasteiger partial charge in [-0.2, -0.15) is 0 Å². The van der Waals surface area contributed by atoms with E-state index < -0.39 is 0 Å². The maximum Gasteiger partial charge on any atom is 0.0907 e. The summed E-state index contributed by atoms with van der Waals surface area (Å²) in [7, 11) is 0. The number of fused-ring (bicyclic) bond motifs is 1. The molecule has 1 N–H and O–H groups in total. The van der Waals surface area contributed by atoms with Gasteiger partial charge in [0, 0.05) is 0 Å². The molecule has 1 aromatic carbocycles. The fourth-order valence-electron chi connectivity index (χ4n) is 1.50. The van der Waals surface area contributed by atoms with E-state index in [1.54, 1.807) is 11.3 Å². The Morgan fingerprint density at radius 3 is 3.00 bits per heavy atom. The maximum absolute atomic E-state index is 9.68. The Morgan fingerprint density at radius 1 is 1.50 bits per heavy atom. The Labute approximate surface area is 87.2 Å². The largest absolute Gasteiger partial charge is 0.388 e. The molecular formula is C11H13NOS. The minimum absolute atomic E-state index is 0.346. The van der Waals surface area contributed by atoms with E-state index in [2.05, 4.69) is 4.98 Å². The Kier molecular flexibility index (Phi) is 2.52. The number of aliphatic hydroxyl groups is 1. The molecule has 0 aliphatic heterocycles. The number of hydrogen-bond donors (Lipinski definition) is 1. The number of aryl methyl sites for hydroxylation is 1. The number of aliphatic hydroxyl groups excluding tert-OH is 1. The van der Waals surface area contributed by atoms with Gasteiger partial charge in [-0.15, -0.1) is 11.3 Å². The Balaban J connectivity index is 2.50. The van der Waals surface area contributed by atoms with Crippen LogP contribution in [-0.2, 0) is 0 Å². The number of aromatic nitrogens is 1. The molecule has 14 heavy (non-hydrogen) atoms. The highest BCUT2D eigenvalue weighted by atomic mass is 32.1. The zero-order valence-corrected chi connectivity index (χ0v) is 9.14. The third-order valence-corrected chi connectivity index (χ3v) is 3.22. The maximum atomic E-state index is 9.68. The fraction of sp³-hybridized carbons (Fsp3) is 0.364. The van der Waals surface area contributed by atoms with Crippen LogP contribution < -0.4 is 0 Å². The molecule has 0 bridgehead atoms. The summed E-state index contributed by atoms with van der Waals surface area (Å²) >= 11 is 1.67. The van der Waals surface area contributed by atoms with Crippen LogP contribution in [-0.4, -0.2) is 10.1 Å². The van der Waals surface area contributed by atoms with E-state index >= 15 is 0 Å². The summed E-state index contributed by atoms with van der Waals surface area (Å²) in [4.78, 5) is 4.38. The third kappa shape index (κ3) is 1.65. The lowest BCUT2D eigenvalue weighted by Gasteiger charge is -2.06. The molecule has 2 aromatic rings. The van der Waals surface area contributed by atoms with Crippen LogP contribution in [0.25, 0.3) is 10.2 Å². The minimum Gasteiger partial charge on any atom is -0.388 e. The topological polar surface area (TPSA) is 33.1 Å². The standard InChI is InChI=1S/C11H13NOS/c1-3-10(13)8-4-5-9-11(6-8)14-7(2)12-9/h4-6,10,13H,3H2,1-2H3. The molecule has 0 aliphatic rings. The highest BCUT2D eigenvalue weighted by molar-refractivity contribution is 7.18. The van der Waals surface area contributed by atoms with E-state index in [1.165, 1.54) is 0 Å². The summed E-state index contributed by atoms with van der Waals surface area (Å²) in [6.07, 6.45) is 0.408. The predicted molar refractivity (Wildman–Crippen MR) is 59.6 cm³/mol. The van der Waals surface area contributed by atoms with Gasteiger partial charge in [0.25, 0.3) is 0 Å². The molecule has 0 saturated carbocycles. The van der Waals surface area contributed by atoms with Crippen LogP contribution in [0.2, 0.25) is 0 Å². The first-order chi connectivity index (χ1) is 6.70. The highest BCUT2D eigenvalue weighted by Gasteiger charge is 2.07. The van der Waals surface area contributed by atoms with Gasteiger partial charge < -0.3 is 5.11 Å². The number of hydrogen-bond acceptors (Lipinski definition) is 3. The smallest absolute Gasteiger partial charge is 0.0907 e. The fourth-order valence-corrected chi connectivity index (χ4v) is 2.37. The molecule has 0 amide bonds. The van der Waals surface area contributed by atoms with Crippen LogP contribution in [0.3, 0.4) is 0 Å². The molecule has 1 heterocycles. The molecule has 0 radical (unpaired) electrons. The van der Waals surface area contributed by atoms with Crippen molar-refractivity contribution in [2.45, 2.75) is 26.4 Å². The molecule has 1 unspecified atom stereocenters. The molecule has 74 valence electrons. The molecular weight excluding hydrogens is 194 g/mol. The normalized spacial score (nSPS) is 13.4. The van der Waals surface area contributed by atoms with Gasteiger partial charge in [0.15, 0.2) is 0 Å². The predicted octanol–water partition coefficient (Wildman–Crippen LogP) is 3.05. The van der Waals surface area contributed by atoms with Crippen LogP contribution in [0.15, 0.2) is 18.2 Å². The second-order valence-corrected chi connectivity index (χ2v) is 4.62. The van der Waals surface area contributed by atoms with Crippen LogP contribution in [0.4, 0.5) is 0 Å². The van der Waals surface area contributed by atoms with Gasteiger partial charge in [0.2, 0.25) is 0 Å². The molecule has 2 rings (SSSR count). The van der Waals surface area contributed by atoms with Crippen molar-refractivity contribution in [1.29, 1.82) is 0 Å². The van der Waals surface area contributed by atoms with Crippen molar-refractivity contribution >= 4 is 21.6 Å². The summed E-state index contributed by atoms with van der Waals surface area (Å²) in [5.41, 5.74) is 2.02. The van der Waals surface area contributed by atoms with Gasteiger partial charge in [0.05, 0.1) is 21.3 Å². The van der Waals surface area contributed by atoms with Crippen molar-refractivity contribution in [1.82, 2.24) is 4.98 Å². The molecule has 0 saturated heterocycles. The van der Waals surface area contributed by atoms with Gasteiger partial charge in [-0.05, 0) is 31.0 Å². The average Bonchev–Trinajstić information content (AvgIpc) is 2.55. The van der Waals surface area contributed by atoms with E-state index in [0.717, 1.165) is 27.2 Å². The van der Waals surface area contributed by atoms with Gasteiger partial charge in [-0.25, -0.2) is 4.98 Å². The number of nitrogens with zero attached hydrogens (tertiary/aromatic N) is 1. The van der Waals surface area contributed by atoms with E-state index in [-0.39, 0.29) is 6.10 Å². The molecule has 0 aliphatic carbocycles. The quantitative estimate of drug-likeness (QED) is 0.821. The van der Waals surface area contributed by atoms with E-state index in [1.807, 2.05) is 32.0 Å². The molecule has 1 atom stereocenters. The number of rotatable bonds is 2. The van der Waals surface area contributed by atoms with Crippen molar-refractivity contribution in [3.8, 4) is 0 Å². The SMILES string of the molecule is CCC(O)c1ccc2nc(C)sc2c1. The summed E-state index contributed by atoms with van der Waals surface area (Å²) in [5.74, 6) is 0. The lowest BCUT2D eigenvalue weighted by molar-refractivity contribution is 0.174. The average molecular weight is 207 g/mol. The summed E-state index contributed by atoms with van der Waals surface area (Å²) in [6.45, 7) is 3.98. The lowest BCUT2D eigenvalue weighted by Crippen LogP contribution is -1.93. The van der Waals surface area contributed by atoms with Crippen LogP contribution in [0, 0.1) is 6.92 Å². The summed E-state index contributed by atoms with van der Waals surface area (Å²) < 4.78 is 1.16. The number of benzene rings is 1. The van der Waals surface area contributed by atoms with E-state index in [4.69, 9.17) is 0 Å². The molecule has 0 fully saturated rings. The van der Waals surface area contributed by atoms with Crippen molar-refractivity contribution in [2.75, 3.05) is 0 Å².